The molecule has 0 radical (unpaired) electrons. The number of para-hydroxylation sites is 1. The Morgan fingerprint density at radius 1 is 1.30 bits per heavy atom. The first-order valence-corrected chi connectivity index (χ1v) is 7.25. The van der Waals surface area contributed by atoms with Crippen molar-refractivity contribution in [2.75, 3.05) is 11.9 Å². The summed E-state index contributed by atoms with van der Waals surface area (Å²) in [5.74, 6) is 0.640. The second-order valence-electron chi connectivity index (χ2n) is 4.06. The lowest BCUT2D eigenvalue weighted by atomic mass is 10.1. The number of nitrogens with zero attached hydrogens (tertiary/aromatic N) is 2. The number of nitro benzene ring substituents is 1. The normalized spacial score (nSPS) is 10.2. The standard InChI is InChI=1S/C14H15N3O2S/c1-2-15-14-11(6-5-7-12(14)17(18)19)10-20-13-8-3-4-9-16-13/h3-9,15H,2,10H2,1H3. The summed E-state index contributed by atoms with van der Waals surface area (Å²) in [5, 5.41) is 15.1. The minimum absolute atomic E-state index is 0.117. The molecule has 1 aromatic heterocycles. The van der Waals surface area contributed by atoms with E-state index in [0.29, 0.717) is 18.0 Å². The van der Waals surface area contributed by atoms with Crippen molar-refractivity contribution in [2.45, 2.75) is 17.7 Å². The summed E-state index contributed by atoms with van der Waals surface area (Å²) in [6.45, 7) is 2.57. The van der Waals surface area contributed by atoms with Crippen LogP contribution in [0.25, 0.3) is 0 Å². The van der Waals surface area contributed by atoms with Crippen molar-refractivity contribution in [1.82, 2.24) is 4.98 Å². The van der Waals surface area contributed by atoms with Crippen LogP contribution in [0.5, 0.6) is 0 Å². The molecular weight excluding hydrogens is 274 g/mol. The third-order valence-corrected chi connectivity index (χ3v) is 3.68. The molecule has 0 unspecified atom stereocenters. The molecule has 1 aromatic carbocycles. The van der Waals surface area contributed by atoms with Gasteiger partial charge in [0.2, 0.25) is 0 Å². The van der Waals surface area contributed by atoms with Crippen LogP contribution in [-0.4, -0.2) is 16.5 Å². The van der Waals surface area contributed by atoms with Crippen molar-refractivity contribution in [3.63, 3.8) is 0 Å². The molecule has 0 bridgehead atoms. The van der Waals surface area contributed by atoms with Gasteiger partial charge in [0.15, 0.2) is 0 Å². The Morgan fingerprint density at radius 2 is 2.15 bits per heavy atom. The molecule has 1 heterocycles. The fraction of sp³-hybridized carbons (Fsp3) is 0.214. The lowest BCUT2D eigenvalue weighted by Gasteiger charge is -2.10. The molecule has 0 spiro atoms. The lowest BCUT2D eigenvalue weighted by molar-refractivity contribution is -0.384. The van der Waals surface area contributed by atoms with Crippen LogP contribution >= 0.6 is 11.8 Å². The average Bonchev–Trinajstić information content (AvgIpc) is 2.47. The maximum absolute atomic E-state index is 11.1. The quantitative estimate of drug-likeness (QED) is 0.499. The van der Waals surface area contributed by atoms with Gasteiger partial charge in [-0.1, -0.05) is 18.2 Å². The van der Waals surface area contributed by atoms with Crippen molar-refractivity contribution in [2.24, 2.45) is 0 Å². The van der Waals surface area contributed by atoms with Gasteiger partial charge in [-0.05, 0) is 24.6 Å². The number of benzene rings is 1. The van der Waals surface area contributed by atoms with Gasteiger partial charge in [0.1, 0.15) is 5.69 Å². The first-order valence-electron chi connectivity index (χ1n) is 6.26. The molecule has 0 aliphatic rings. The molecule has 2 rings (SSSR count). The summed E-state index contributed by atoms with van der Waals surface area (Å²) in [6, 6.07) is 10.9. The van der Waals surface area contributed by atoms with E-state index in [-0.39, 0.29) is 10.6 Å². The average molecular weight is 289 g/mol. The maximum atomic E-state index is 11.1. The van der Waals surface area contributed by atoms with Crippen molar-refractivity contribution < 1.29 is 4.92 Å². The molecule has 104 valence electrons. The Kier molecular flexibility index (Phi) is 4.95. The first kappa shape index (κ1) is 14.3. The van der Waals surface area contributed by atoms with Gasteiger partial charge in [0, 0.05) is 24.6 Å². The van der Waals surface area contributed by atoms with Crippen molar-refractivity contribution in [3.8, 4) is 0 Å². The number of thioether (sulfide) groups is 1. The van der Waals surface area contributed by atoms with Crippen LogP contribution in [0.15, 0.2) is 47.6 Å². The summed E-state index contributed by atoms with van der Waals surface area (Å²) in [5.41, 5.74) is 1.63. The Morgan fingerprint density at radius 3 is 2.80 bits per heavy atom. The number of hydrogen-bond donors (Lipinski definition) is 1. The maximum Gasteiger partial charge on any atom is 0.292 e. The highest BCUT2D eigenvalue weighted by atomic mass is 32.2. The zero-order valence-electron chi connectivity index (χ0n) is 11.1. The highest BCUT2D eigenvalue weighted by molar-refractivity contribution is 7.98. The minimum atomic E-state index is -0.354. The molecule has 5 nitrogen and oxygen atoms in total. The van der Waals surface area contributed by atoms with Crippen LogP contribution in [-0.2, 0) is 5.75 Å². The Hall–Kier alpha value is -2.08. The zero-order valence-corrected chi connectivity index (χ0v) is 11.9. The zero-order chi connectivity index (χ0) is 14.4. The van der Waals surface area contributed by atoms with Crippen molar-refractivity contribution >= 4 is 23.1 Å². The fourth-order valence-corrected chi connectivity index (χ4v) is 2.68. The van der Waals surface area contributed by atoms with Crippen molar-refractivity contribution in [3.05, 3.63) is 58.3 Å². The molecule has 20 heavy (non-hydrogen) atoms. The number of nitrogens with one attached hydrogen (secondary N) is 1. The van der Waals surface area contributed by atoms with E-state index in [1.165, 1.54) is 6.07 Å². The monoisotopic (exact) mass is 289 g/mol. The highest BCUT2D eigenvalue weighted by Crippen LogP contribution is 2.32. The van der Waals surface area contributed by atoms with Gasteiger partial charge in [-0.3, -0.25) is 10.1 Å². The third kappa shape index (κ3) is 3.48. The molecule has 0 amide bonds. The predicted molar refractivity (Wildman–Crippen MR) is 81.1 cm³/mol. The number of pyridine rings is 1. The Balaban J connectivity index is 2.22. The fourth-order valence-electron chi connectivity index (χ4n) is 1.82. The van der Waals surface area contributed by atoms with Crippen LogP contribution in [0.1, 0.15) is 12.5 Å². The summed E-state index contributed by atoms with van der Waals surface area (Å²) < 4.78 is 0. The molecule has 6 heteroatoms. The highest BCUT2D eigenvalue weighted by Gasteiger charge is 2.16. The van der Waals surface area contributed by atoms with Crippen molar-refractivity contribution in [1.29, 1.82) is 0 Å². The van der Waals surface area contributed by atoms with E-state index in [1.54, 1.807) is 24.0 Å². The molecule has 2 aromatic rings. The third-order valence-electron chi connectivity index (χ3n) is 2.69. The van der Waals surface area contributed by atoms with E-state index >= 15 is 0 Å². The number of hydrogen-bond acceptors (Lipinski definition) is 5. The Bertz CT molecular complexity index is 590. The molecule has 0 saturated carbocycles. The summed E-state index contributed by atoms with van der Waals surface area (Å²) in [4.78, 5) is 15.0. The topological polar surface area (TPSA) is 68.1 Å². The molecule has 0 saturated heterocycles. The van der Waals surface area contributed by atoms with Crippen LogP contribution in [0.3, 0.4) is 0 Å². The van der Waals surface area contributed by atoms with E-state index in [1.807, 2.05) is 31.2 Å². The van der Waals surface area contributed by atoms with Gasteiger partial charge in [-0.25, -0.2) is 4.98 Å². The van der Waals surface area contributed by atoms with Crippen LogP contribution in [0, 0.1) is 10.1 Å². The molecule has 0 fully saturated rings. The molecule has 1 N–H and O–H groups in total. The largest absolute Gasteiger partial charge is 0.380 e. The number of nitro groups is 1. The second kappa shape index (κ2) is 6.91. The molecule has 0 aliphatic heterocycles. The van der Waals surface area contributed by atoms with Crippen LogP contribution < -0.4 is 5.32 Å². The van der Waals surface area contributed by atoms with E-state index in [0.717, 1.165) is 10.6 Å². The molecule has 0 atom stereocenters. The second-order valence-corrected chi connectivity index (χ2v) is 5.05. The van der Waals surface area contributed by atoms with E-state index < -0.39 is 0 Å². The molecule has 0 aliphatic carbocycles. The van der Waals surface area contributed by atoms with Crippen LogP contribution in [0.4, 0.5) is 11.4 Å². The van der Waals surface area contributed by atoms with Gasteiger partial charge >= 0.3 is 0 Å². The van der Waals surface area contributed by atoms with Gasteiger partial charge < -0.3 is 5.32 Å². The SMILES string of the molecule is CCNc1c(CSc2ccccn2)cccc1[N+](=O)[O-]. The van der Waals surface area contributed by atoms with E-state index in [4.69, 9.17) is 0 Å². The van der Waals surface area contributed by atoms with E-state index in [2.05, 4.69) is 10.3 Å². The van der Waals surface area contributed by atoms with Gasteiger partial charge in [0.05, 0.1) is 9.95 Å². The molecular formula is C14H15N3O2S. The van der Waals surface area contributed by atoms with Gasteiger partial charge in [-0.2, -0.15) is 0 Å². The number of aromatic nitrogens is 1. The van der Waals surface area contributed by atoms with E-state index in [9.17, 15) is 10.1 Å². The first-order chi connectivity index (χ1) is 9.72. The smallest absolute Gasteiger partial charge is 0.292 e. The summed E-state index contributed by atoms with van der Waals surface area (Å²) in [7, 11) is 0. The van der Waals surface area contributed by atoms with Crippen LogP contribution in [0.2, 0.25) is 0 Å². The summed E-state index contributed by atoms with van der Waals surface area (Å²) >= 11 is 1.56. The number of anilines is 1. The lowest BCUT2D eigenvalue weighted by Crippen LogP contribution is -2.04. The van der Waals surface area contributed by atoms with Gasteiger partial charge in [0.25, 0.3) is 5.69 Å². The minimum Gasteiger partial charge on any atom is -0.380 e. The number of rotatable bonds is 6. The summed E-state index contributed by atoms with van der Waals surface area (Å²) in [6.07, 6.45) is 1.74. The predicted octanol–water partition coefficient (Wildman–Crippen LogP) is 3.71. The van der Waals surface area contributed by atoms with Gasteiger partial charge in [-0.15, -0.1) is 11.8 Å². The Labute approximate surface area is 121 Å².